The number of hydrogen-bond acceptors (Lipinski definition) is 9. The first-order chi connectivity index (χ1) is 16.7. The molecule has 5 atom stereocenters. The predicted molar refractivity (Wildman–Crippen MR) is 120 cm³/mol. The van der Waals surface area contributed by atoms with E-state index < -0.39 is 37.1 Å². The molecule has 2 aliphatic rings. The first-order valence-corrected chi connectivity index (χ1v) is 11.4. The van der Waals surface area contributed by atoms with Gasteiger partial charge in [0.25, 0.3) is 0 Å². The van der Waals surface area contributed by atoms with Crippen LogP contribution in [0.2, 0.25) is 5.02 Å². The summed E-state index contributed by atoms with van der Waals surface area (Å²) in [4.78, 5) is 19.5. The van der Waals surface area contributed by atoms with Gasteiger partial charge in [-0.05, 0) is 25.0 Å². The van der Waals surface area contributed by atoms with Gasteiger partial charge in [0.15, 0.2) is 11.5 Å². The molecule has 2 fully saturated rings. The van der Waals surface area contributed by atoms with Gasteiger partial charge in [-0.3, -0.25) is 4.74 Å². The van der Waals surface area contributed by atoms with Gasteiger partial charge in [-0.2, -0.15) is 0 Å². The highest BCUT2D eigenvalue weighted by Crippen LogP contribution is 2.38. The topological polar surface area (TPSA) is 121 Å². The van der Waals surface area contributed by atoms with Crippen LogP contribution in [0.25, 0.3) is 11.2 Å². The van der Waals surface area contributed by atoms with Gasteiger partial charge in [0.1, 0.15) is 23.8 Å². The Morgan fingerprint density at radius 2 is 1.97 bits per heavy atom. The molecule has 0 bridgehead atoms. The van der Waals surface area contributed by atoms with Crippen molar-refractivity contribution in [3.63, 3.8) is 0 Å². The van der Waals surface area contributed by atoms with Crippen LogP contribution in [-0.4, -0.2) is 79.0 Å². The van der Waals surface area contributed by atoms with Crippen molar-refractivity contribution >= 4 is 34.4 Å². The molecule has 5 rings (SSSR count). The summed E-state index contributed by atoms with van der Waals surface area (Å²) in [6.45, 7) is 0.741. The van der Waals surface area contributed by atoms with Crippen LogP contribution in [0, 0.1) is 5.92 Å². The minimum Gasteiger partial charge on any atom is -0.390 e. The fourth-order valence-electron chi connectivity index (χ4n) is 4.78. The summed E-state index contributed by atoms with van der Waals surface area (Å²) in [6.07, 6.45) is -2.15. The molecule has 4 heterocycles. The van der Waals surface area contributed by atoms with Crippen LogP contribution in [0.3, 0.4) is 0 Å². The van der Waals surface area contributed by atoms with Crippen LogP contribution in [0.5, 0.6) is 0 Å². The molecule has 188 valence electrons. The van der Waals surface area contributed by atoms with Gasteiger partial charge in [0.05, 0.1) is 30.1 Å². The van der Waals surface area contributed by atoms with E-state index in [0.29, 0.717) is 28.5 Å². The highest BCUT2D eigenvalue weighted by molar-refractivity contribution is 6.30. The Balaban J connectivity index is 1.30. The highest BCUT2D eigenvalue weighted by atomic mass is 35.5. The van der Waals surface area contributed by atoms with Crippen molar-refractivity contribution in [1.82, 2.24) is 24.5 Å². The zero-order valence-corrected chi connectivity index (χ0v) is 19.1. The molecule has 10 nitrogen and oxygen atoms in total. The molecule has 35 heavy (non-hydrogen) atoms. The van der Waals surface area contributed by atoms with Crippen molar-refractivity contribution < 1.29 is 28.1 Å². The summed E-state index contributed by atoms with van der Waals surface area (Å²) in [6, 6.07) is 3.01. The molecule has 3 N–H and O–H groups in total. The average molecular weight is 514 g/mol. The van der Waals surface area contributed by atoms with E-state index in [2.05, 4.69) is 34.9 Å². The minimum atomic E-state index is -4.81. The standard InChI is InChI=1S/C21H23ClF3N7O3/c22-12-1-2-15(26-6-12)31-4-3-13(7-31)30-19-16-20(28-9-27-19)32(10-29-16)14-5-11(17(33)18(14)34)8-35-21(23,24)25/h1-2,6,9-11,13-14,17-18,33-34H,3-5,7-8H2,(H,27,28,30)/t11-,13+,14-,17-,18+/m1/s1. The first-order valence-electron chi connectivity index (χ1n) is 11.1. The Morgan fingerprint density at radius 3 is 2.71 bits per heavy atom. The predicted octanol–water partition coefficient (Wildman–Crippen LogP) is 2.38. The second-order valence-corrected chi connectivity index (χ2v) is 9.19. The normalized spacial score (nSPS) is 27.1. The van der Waals surface area contributed by atoms with E-state index in [1.54, 1.807) is 16.8 Å². The maximum Gasteiger partial charge on any atom is 0.522 e. The van der Waals surface area contributed by atoms with E-state index in [-0.39, 0.29) is 12.5 Å². The lowest BCUT2D eigenvalue weighted by molar-refractivity contribution is -0.329. The Hall–Kier alpha value is -2.74. The highest BCUT2D eigenvalue weighted by Gasteiger charge is 2.45. The molecular weight excluding hydrogens is 491 g/mol. The van der Waals surface area contributed by atoms with E-state index in [9.17, 15) is 23.4 Å². The Kier molecular flexibility index (Phi) is 6.42. The van der Waals surface area contributed by atoms with Crippen LogP contribution < -0.4 is 10.2 Å². The number of nitrogens with one attached hydrogen (secondary N) is 1. The van der Waals surface area contributed by atoms with Gasteiger partial charge < -0.3 is 25.0 Å². The van der Waals surface area contributed by atoms with E-state index >= 15 is 0 Å². The third-order valence-corrected chi connectivity index (χ3v) is 6.74. The molecule has 14 heteroatoms. The maximum absolute atomic E-state index is 12.4. The first kappa shape index (κ1) is 24.0. The number of fused-ring (bicyclic) bond motifs is 1. The lowest BCUT2D eigenvalue weighted by Crippen LogP contribution is -2.32. The summed E-state index contributed by atoms with van der Waals surface area (Å²) in [5.74, 6) is 0.447. The van der Waals surface area contributed by atoms with Crippen molar-refractivity contribution in [3.8, 4) is 0 Å². The molecular formula is C21H23ClF3N7O3. The van der Waals surface area contributed by atoms with E-state index in [1.807, 2.05) is 6.07 Å². The third-order valence-electron chi connectivity index (χ3n) is 6.51. The lowest BCUT2D eigenvalue weighted by Gasteiger charge is -2.19. The number of aromatic nitrogens is 5. The number of alkyl halides is 3. The number of aliphatic hydroxyl groups is 2. The number of aliphatic hydroxyl groups excluding tert-OH is 2. The Bertz CT molecular complexity index is 1180. The molecule has 1 aliphatic carbocycles. The van der Waals surface area contributed by atoms with E-state index in [0.717, 1.165) is 18.8 Å². The number of anilines is 2. The van der Waals surface area contributed by atoms with E-state index in [4.69, 9.17) is 11.6 Å². The Morgan fingerprint density at radius 1 is 1.14 bits per heavy atom. The summed E-state index contributed by atoms with van der Waals surface area (Å²) in [7, 11) is 0. The molecule has 1 saturated heterocycles. The number of imidazole rings is 1. The molecule has 1 saturated carbocycles. The largest absolute Gasteiger partial charge is 0.522 e. The second-order valence-electron chi connectivity index (χ2n) is 8.76. The summed E-state index contributed by atoms with van der Waals surface area (Å²) >= 11 is 5.92. The molecule has 3 aromatic rings. The van der Waals surface area contributed by atoms with Gasteiger partial charge in [-0.15, -0.1) is 13.2 Å². The number of nitrogens with zero attached hydrogens (tertiary/aromatic N) is 6. The molecule has 0 unspecified atom stereocenters. The maximum atomic E-state index is 12.4. The summed E-state index contributed by atoms with van der Waals surface area (Å²) in [5, 5.41) is 24.8. The van der Waals surface area contributed by atoms with Gasteiger partial charge in [-0.1, -0.05) is 11.6 Å². The zero-order valence-electron chi connectivity index (χ0n) is 18.3. The summed E-state index contributed by atoms with van der Waals surface area (Å²) in [5.41, 5.74) is 0.873. The SMILES string of the molecule is O[C@@H]1[C@@H](COC(F)(F)F)C[C@@H](n2cnc3c(N[C@H]4CCN(c5ccc(Cl)cn5)C4)ncnc32)[C@@H]1O. The fourth-order valence-corrected chi connectivity index (χ4v) is 4.89. The van der Waals surface area contributed by atoms with Crippen molar-refractivity contribution in [2.24, 2.45) is 5.92 Å². The van der Waals surface area contributed by atoms with Gasteiger partial charge in [0.2, 0.25) is 0 Å². The smallest absolute Gasteiger partial charge is 0.390 e. The van der Waals surface area contributed by atoms with Crippen LogP contribution in [0.4, 0.5) is 24.8 Å². The van der Waals surface area contributed by atoms with Gasteiger partial charge in [-0.25, -0.2) is 19.9 Å². The number of halogens is 4. The van der Waals surface area contributed by atoms with Crippen LogP contribution in [-0.2, 0) is 4.74 Å². The van der Waals surface area contributed by atoms with E-state index in [1.165, 1.54) is 12.7 Å². The number of pyridine rings is 1. The molecule has 0 radical (unpaired) electrons. The number of hydrogen-bond donors (Lipinski definition) is 3. The number of rotatable bonds is 6. The molecule has 0 aromatic carbocycles. The molecule has 3 aromatic heterocycles. The zero-order chi connectivity index (χ0) is 24.7. The minimum absolute atomic E-state index is 0.0681. The van der Waals surface area contributed by atoms with Crippen molar-refractivity contribution in [2.45, 2.75) is 43.5 Å². The van der Waals surface area contributed by atoms with Crippen LogP contribution in [0.15, 0.2) is 31.0 Å². The number of ether oxygens (including phenoxy) is 1. The van der Waals surface area contributed by atoms with Crippen LogP contribution >= 0.6 is 11.6 Å². The Labute approximate surface area is 202 Å². The third kappa shape index (κ3) is 4.99. The monoisotopic (exact) mass is 513 g/mol. The lowest BCUT2D eigenvalue weighted by atomic mass is 10.1. The van der Waals surface area contributed by atoms with Crippen molar-refractivity contribution in [2.75, 3.05) is 29.9 Å². The average Bonchev–Trinajstić information content (AvgIpc) is 3.52. The van der Waals surface area contributed by atoms with Crippen molar-refractivity contribution in [1.29, 1.82) is 0 Å². The molecule has 0 spiro atoms. The van der Waals surface area contributed by atoms with Crippen LogP contribution in [0.1, 0.15) is 18.9 Å². The van der Waals surface area contributed by atoms with Crippen molar-refractivity contribution in [3.05, 3.63) is 36.0 Å². The fraction of sp³-hybridized carbons (Fsp3) is 0.524. The van der Waals surface area contributed by atoms with Gasteiger partial charge in [0, 0.05) is 31.2 Å². The second kappa shape index (κ2) is 9.37. The van der Waals surface area contributed by atoms with Gasteiger partial charge >= 0.3 is 6.36 Å². The summed E-state index contributed by atoms with van der Waals surface area (Å²) < 4.78 is 42.8. The molecule has 1 aliphatic heterocycles. The molecule has 0 amide bonds. The quantitative estimate of drug-likeness (QED) is 0.456.